The molecule has 0 radical (unpaired) electrons. The molecule has 3 aromatic heterocycles. The number of thioether (sulfide) groups is 1. The normalized spacial score (nSPS) is 11.9. The van der Waals surface area contributed by atoms with Gasteiger partial charge in [0.25, 0.3) is 0 Å². The van der Waals surface area contributed by atoms with Gasteiger partial charge in [0.1, 0.15) is 0 Å². The van der Waals surface area contributed by atoms with Gasteiger partial charge in [-0.15, -0.1) is 0 Å². The van der Waals surface area contributed by atoms with E-state index in [1.54, 1.807) is 10.7 Å². The molecular formula is C20H23N7S. The van der Waals surface area contributed by atoms with Crippen LogP contribution < -0.4 is 5.32 Å². The van der Waals surface area contributed by atoms with E-state index < -0.39 is 0 Å². The van der Waals surface area contributed by atoms with E-state index in [4.69, 9.17) is 4.98 Å². The summed E-state index contributed by atoms with van der Waals surface area (Å²) in [6.45, 7) is 7.09. The summed E-state index contributed by atoms with van der Waals surface area (Å²) >= 11 is 1.53. The number of hydrogen-bond acceptors (Lipinski definition) is 6. The van der Waals surface area contributed by atoms with Crippen LogP contribution in [0, 0.1) is 0 Å². The Hall–Kier alpha value is -2.87. The first-order valence-electron chi connectivity index (χ1n) is 9.09. The largest absolute Gasteiger partial charge is 0.350 e. The van der Waals surface area contributed by atoms with Crippen LogP contribution in [0.4, 0.5) is 5.95 Å². The van der Waals surface area contributed by atoms with E-state index in [2.05, 4.69) is 53.4 Å². The van der Waals surface area contributed by atoms with Crippen LogP contribution >= 0.6 is 11.8 Å². The van der Waals surface area contributed by atoms with Gasteiger partial charge in [0, 0.05) is 24.5 Å². The van der Waals surface area contributed by atoms with E-state index in [0.717, 1.165) is 27.6 Å². The van der Waals surface area contributed by atoms with Gasteiger partial charge < -0.3 is 5.32 Å². The molecule has 0 unspecified atom stereocenters. The topological polar surface area (TPSA) is 72.9 Å². The van der Waals surface area contributed by atoms with Gasteiger partial charge in [-0.25, -0.2) is 9.67 Å². The molecule has 0 aliphatic carbocycles. The van der Waals surface area contributed by atoms with E-state index in [-0.39, 0.29) is 5.41 Å². The van der Waals surface area contributed by atoms with Gasteiger partial charge in [0.15, 0.2) is 10.8 Å². The number of hydrogen-bond donors (Lipinski definition) is 1. The van der Waals surface area contributed by atoms with Crippen LogP contribution in [0.2, 0.25) is 0 Å². The molecule has 7 nitrogen and oxygen atoms in total. The van der Waals surface area contributed by atoms with Crippen LogP contribution in [-0.4, -0.2) is 35.6 Å². The molecule has 1 aromatic carbocycles. The molecule has 0 aliphatic rings. The highest BCUT2D eigenvalue weighted by atomic mass is 32.2. The molecule has 0 saturated carbocycles. The van der Waals surface area contributed by atoms with Crippen molar-refractivity contribution in [3.8, 4) is 5.69 Å². The number of para-hydroxylation sites is 1. The molecule has 3 heterocycles. The van der Waals surface area contributed by atoms with Crippen LogP contribution in [0.1, 0.15) is 31.9 Å². The second kappa shape index (κ2) is 7.27. The highest BCUT2D eigenvalue weighted by Crippen LogP contribution is 2.28. The van der Waals surface area contributed by atoms with Gasteiger partial charge >= 0.3 is 0 Å². The molecule has 0 saturated heterocycles. The number of aromatic nitrogens is 6. The summed E-state index contributed by atoms with van der Waals surface area (Å²) < 4.78 is 3.66. The Bertz CT molecular complexity index is 1090. The van der Waals surface area contributed by atoms with Crippen LogP contribution in [0.15, 0.2) is 54.1 Å². The first-order valence-corrected chi connectivity index (χ1v) is 10.3. The standard InChI is InChI=1S/C20H23N7S/c1-20(2,3)15-13-23-27-17(15)24-19(28-4)25-18(27)21-12-14-8-5-6-9-16(14)26-11-7-10-22-26/h5-11,13H,12H2,1-4H3,(H,21,24,25). The Balaban J connectivity index is 1.71. The van der Waals surface area contributed by atoms with Gasteiger partial charge in [-0.05, 0) is 29.4 Å². The lowest BCUT2D eigenvalue weighted by Gasteiger charge is -2.17. The lowest BCUT2D eigenvalue weighted by molar-refractivity contribution is 0.593. The maximum atomic E-state index is 4.69. The van der Waals surface area contributed by atoms with E-state index in [1.165, 1.54) is 11.8 Å². The zero-order valence-electron chi connectivity index (χ0n) is 16.4. The third kappa shape index (κ3) is 3.47. The molecule has 0 aliphatic heterocycles. The van der Waals surface area contributed by atoms with Crippen LogP contribution in [0.3, 0.4) is 0 Å². The van der Waals surface area contributed by atoms with Crippen LogP contribution in [0.5, 0.6) is 0 Å². The number of nitrogens with one attached hydrogen (secondary N) is 1. The number of nitrogens with zero attached hydrogens (tertiary/aromatic N) is 6. The lowest BCUT2D eigenvalue weighted by atomic mass is 9.89. The second-order valence-corrected chi connectivity index (χ2v) is 8.28. The quantitative estimate of drug-likeness (QED) is 0.518. The molecule has 0 bridgehead atoms. The Morgan fingerprint density at radius 1 is 1.07 bits per heavy atom. The fraction of sp³-hybridized carbons (Fsp3) is 0.300. The van der Waals surface area contributed by atoms with Crippen molar-refractivity contribution in [2.75, 3.05) is 11.6 Å². The molecule has 0 amide bonds. The van der Waals surface area contributed by atoms with Crippen molar-refractivity contribution in [3.63, 3.8) is 0 Å². The van der Waals surface area contributed by atoms with Gasteiger partial charge in [-0.3, -0.25) is 0 Å². The minimum Gasteiger partial charge on any atom is -0.350 e. The Morgan fingerprint density at radius 2 is 1.89 bits per heavy atom. The molecular weight excluding hydrogens is 370 g/mol. The molecule has 1 N–H and O–H groups in total. The van der Waals surface area contributed by atoms with E-state index in [9.17, 15) is 0 Å². The van der Waals surface area contributed by atoms with Crippen molar-refractivity contribution >= 4 is 23.4 Å². The van der Waals surface area contributed by atoms with Crippen LogP contribution in [0.25, 0.3) is 11.3 Å². The zero-order valence-corrected chi connectivity index (χ0v) is 17.2. The molecule has 0 fully saturated rings. The first-order chi connectivity index (χ1) is 13.5. The first kappa shape index (κ1) is 18.5. The predicted octanol–water partition coefficient (Wildman–Crippen LogP) is 3.94. The minimum absolute atomic E-state index is 0.0459. The maximum absolute atomic E-state index is 4.69. The van der Waals surface area contributed by atoms with Crippen molar-refractivity contribution < 1.29 is 0 Å². The van der Waals surface area contributed by atoms with Crippen molar-refractivity contribution in [2.45, 2.75) is 37.9 Å². The van der Waals surface area contributed by atoms with Gasteiger partial charge in [0.2, 0.25) is 5.95 Å². The van der Waals surface area contributed by atoms with Gasteiger partial charge in [0.05, 0.1) is 11.9 Å². The summed E-state index contributed by atoms with van der Waals surface area (Å²) in [7, 11) is 0. The summed E-state index contributed by atoms with van der Waals surface area (Å²) in [6.07, 6.45) is 7.59. The number of rotatable bonds is 5. The summed E-state index contributed by atoms with van der Waals surface area (Å²) in [5.41, 5.74) is 4.05. The van der Waals surface area contributed by atoms with Crippen molar-refractivity contribution in [3.05, 3.63) is 60.0 Å². The molecule has 4 aromatic rings. The summed E-state index contributed by atoms with van der Waals surface area (Å²) in [4.78, 5) is 9.33. The number of benzene rings is 1. The SMILES string of the molecule is CSc1nc(NCc2ccccc2-n2cccn2)n2ncc(C(C)(C)C)c2n1. The van der Waals surface area contributed by atoms with Gasteiger partial charge in [-0.1, -0.05) is 50.7 Å². The number of anilines is 1. The fourth-order valence-electron chi connectivity index (χ4n) is 3.06. The zero-order chi connectivity index (χ0) is 19.7. The molecule has 28 heavy (non-hydrogen) atoms. The Kier molecular flexibility index (Phi) is 4.80. The van der Waals surface area contributed by atoms with Crippen molar-refractivity contribution in [2.24, 2.45) is 0 Å². The average molecular weight is 394 g/mol. The summed E-state index contributed by atoms with van der Waals surface area (Å²) in [5.74, 6) is 0.681. The van der Waals surface area contributed by atoms with E-state index in [0.29, 0.717) is 12.5 Å². The molecule has 144 valence electrons. The van der Waals surface area contributed by atoms with E-state index in [1.807, 2.05) is 41.5 Å². The van der Waals surface area contributed by atoms with Crippen molar-refractivity contribution in [1.29, 1.82) is 0 Å². The van der Waals surface area contributed by atoms with Gasteiger partial charge in [-0.2, -0.15) is 19.7 Å². The molecule has 0 spiro atoms. The highest BCUT2D eigenvalue weighted by Gasteiger charge is 2.22. The monoisotopic (exact) mass is 393 g/mol. The smallest absolute Gasteiger partial charge is 0.228 e. The van der Waals surface area contributed by atoms with Crippen molar-refractivity contribution in [1.82, 2.24) is 29.4 Å². The Morgan fingerprint density at radius 3 is 2.61 bits per heavy atom. The third-order valence-corrected chi connectivity index (χ3v) is 5.07. The fourth-order valence-corrected chi connectivity index (χ4v) is 3.42. The molecule has 4 rings (SSSR count). The van der Waals surface area contributed by atoms with E-state index >= 15 is 0 Å². The van der Waals surface area contributed by atoms with Crippen LogP contribution in [-0.2, 0) is 12.0 Å². The average Bonchev–Trinajstić information content (AvgIpc) is 3.35. The minimum atomic E-state index is -0.0459. The predicted molar refractivity (Wildman–Crippen MR) is 112 cm³/mol. The lowest BCUT2D eigenvalue weighted by Crippen LogP contribution is -2.14. The maximum Gasteiger partial charge on any atom is 0.228 e. The molecule has 0 atom stereocenters. The Labute approximate surface area is 168 Å². The summed E-state index contributed by atoms with van der Waals surface area (Å²) in [6, 6.07) is 10.1. The summed E-state index contributed by atoms with van der Waals surface area (Å²) in [5, 5.41) is 13.1. The third-order valence-electron chi connectivity index (χ3n) is 4.52. The highest BCUT2D eigenvalue weighted by molar-refractivity contribution is 7.98. The second-order valence-electron chi connectivity index (χ2n) is 7.51. The molecule has 8 heteroatoms. The number of fused-ring (bicyclic) bond motifs is 1.